The first-order valence-electron chi connectivity index (χ1n) is 12.4. The van der Waals surface area contributed by atoms with Crippen molar-refractivity contribution in [2.75, 3.05) is 29.9 Å². The SMILES string of the molecule is Cc1cc(N2CCN(C(=O)c3cnc(NCc4cccs4)c(C(C)C)n3)C(C)(C)C2)nc(C)c1C(=O)O. The summed E-state index contributed by atoms with van der Waals surface area (Å²) in [5.74, 6) is 0.404. The van der Waals surface area contributed by atoms with Crippen LogP contribution >= 0.6 is 11.3 Å². The first kappa shape index (κ1) is 26.5. The first-order chi connectivity index (χ1) is 17.5. The third-order valence-corrected chi connectivity index (χ3v) is 7.52. The Morgan fingerprint density at radius 3 is 2.57 bits per heavy atom. The van der Waals surface area contributed by atoms with Gasteiger partial charge in [-0.2, -0.15) is 0 Å². The molecule has 1 saturated heterocycles. The summed E-state index contributed by atoms with van der Waals surface area (Å²) in [6, 6.07) is 5.90. The fraction of sp³-hybridized carbons (Fsp3) is 0.444. The predicted molar refractivity (Wildman–Crippen MR) is 146 cm³/mol. The zero-order valence-corrected chi connectivity index (χ0v) is 23.0. The van der Waals surface area contributed by atoms with Gasteiger partial charge in [-0.15, -0.1) is 11.3 Å². The zero-order valence-electron chi connectivity index (χ0n) is 22.2. The molecule has 10 heteroatoms. The molecule has 3 aromatic heterocycles. The van der Waals surface area contributed by atoms with Crippen molar-refractivity contribution >= 4 is 34.8 Å². The lowest BCUT2D eigenvalue weighted by Gasteiger charge is -2.47. The van der Waals surface area contributed by atoms with Crippen LogP contribution in [0.2, 0.25) is 0 Å². The number of carbonyl (C=O) groups is 2. The topological polar surface area (TPSA) is 112 Å². The molecule has 0 atom stereocenters. The van der Waals surface area contributed by atoms with E-state index in [1.54, 1.807) is 31.4 Å². The predicted octanol–water partition coefficient (Wildman–Crippen LogP) is 4.72. The third-order valence-electron chi connectivity index (χ3n) is 6.64. The highest BCUT2D eigenvalue weighted by Crippen LogP contribution is 2.29. The maximum absolute atomic E-state index is 13.6. The summed E-state index contributed by atoms with van der Waals surface area (Å²) in [5.41, 5.74) is 2.01. The van der Waals surface area contributed by atoms with E-state index in [-0.39, 0.29) is 17.4 Å². The summed E-state index contributed by atoms with van der Waals surface area (Å²) in [7, 11) is 0. The summed E-state index contributed by atoms with van der Waals surface area (Å²) >= 11 is 1.68. The Labute approximate surface area is 221 Å². The number of aromatic nitrogens is 3. The van der Waals surface area contributed by atoms with Crippen LogP contribution in [0.3, 0.4) is 0 Å². The van der Waals surface area contributed by atoms with E-state index in [4.69, 9.17) is 4.98 Å². The molecule has 0 spiro atoms. The van der Waals surface area contributed by atoms with Gasteiger partial charge in [-0.3, -0.25) is 4.79 Å². The van der Waals surface area contributed by atoms with Crippen LogP contribution in [0.25, 0.3) is 0 Å². The summed E-state index contributed by atoms with van der Waals surface area (Å²) in [6.07, 6.45) is 1.56. The van der Waals surface area contributed by atoms with Crippen LogP contribution in [-0.4, -0.2) is 62.0 Å². The van der Waals surface area contributed by atoms with Gasteiger partial charge in [-0.05, 0) is 56.7 Å². The van der Waals surface area contributed by atoms with Gasteiger partial charge in [0.05, 0.1) is 35.2 Å². The van der Waals surface area contributed by atoms with E-state index in [9.17, 15) is 14.7 Å². The summed E-state index contributed by atoms with van der Waals surface area (Å²) in [5, 5.41) is 14.9. The normalized spacial score (nSPS) is 15.2. The van der Waals surface area contributed by atoms with Gasteiger partial charge in [0.25, 0.3) is 5.91 Å². The number of anilines is 2. The Bertz CT molecular complexity index is 1280. The molecule has 1 amide bonds. The number of aromatic carboxylic acids is 1. The number of carbonyl (C=O) groups excluding carboxylic acids is 1. The first-order valence-corrected chi connectivity index (χ1v) is 13.3. The largest absolute Gasteiger partial charge is 0.478 e. The molecule has 4 rings (SSSR count). The van der Waals surface area contributed by atoms with Gasteiger partial charge < -0.3 is 20.2 Å². The lowest BCUT2D eigenvalue weighted by atomic mass is 9.97. The molecule has 3 aromatic rings. The molecule has 1 aliphatic heterocycles. The molecule has 2 N–H and O–H groups in total. The monoisotopic (exact) mass is 522 g/mol. The molecule has 4 heterocycles. The minimum atomic E-state index is -0.973. The number of carboxylic acid groups (broad SMARTS) is 1. The number of piperazine rings is 1. The number of carboxylic acids is 1. The van der Waals surface area contributed by atoms with Crippen molar-refractivity contribution in [3.8, 4) is 0 Å². The van der Waals surface area contributed by atoms with Crippen LogP contribution in [0.5, 0.6) is 0 Å². The molecule has 0 aliphatic carbocycles. The van der Waals surface area contributed by atoms with E-state index in [2.05, 4.69) is 26.3 Å². The van der Waals surface area contributed by atoms with E-state index in [1.807, 2.05) is 50.1 Å². The molecule has 0 bridgehead atoms. The second-order valence-corrected chi connectivity index (χ2v) is 11.4. The van der Waals surface area contributed by atoms with Crippen molar-refractivity contribution in [2.24, 2.45) is 0 Å². The highest BCUT2D eigenvalue weighted by atomic mass is 32.1. The Hall–Kier alpha value is -3.53. The Morgan fingerprint density at radius 1 is 1.22 bits per heavy atom. The quantitative estimate of drug-likeness (QED) is 0.458. The maximum atomic E-state index is 13.6. The van der Waals surface area contributed by atoms with Crippen molar-refractivity contribution in [3.63, 3.8) is 0 Å². The minimum absolute atomic E-state index is 0.0993. The van der Waals surface area contributed by atoms with Crippen molar-refractivity contribution in [1.82, 2.24) is 19.9 Å². The molecular weight excluding hydrogens is 488 g/mol. The van der Waals surface area contributed by atoms with Crippen LogP contribution in [0.15, 0.2) is 29.8 Å². The number of amides is 1. The molecule has 1 aliphatic rings. The number of nitrogens with one attached hydrogen (secondary N) is 1. The summed E-state index contributed by atoms with van der Waals surface area (Å²) in [4.78, 5) is 44.2. The number of thiophene rings is 1. The number of hydrogen-bond acceptors (Lipinski definition) is 8. The average Bonchev–Trinajstić information content (AvgIpc) is 3.34. The molecule has 0 aromatic carbocycles. The number of hydrogen-bond donors (Lipinski definition) is 2. The molecule has 37 heavy (non-hydrogen) atoms. The number of aryl methyl sites for hydroxylation is 2. The highest BCUT2D eigenvalue weighted by Gasteiger charge is 2.38. The fourth-order valence-corrected chi connectivity index (χ4v) is 5.44. The van der Waals surface area contributed by atoms with Gasteiger partial charge in [0.1, 0.15) is 17.3 Å². The van der Waals surface area contributed by atoms with Gasteiger partial charge >= 0.3 is 5.97 Å². The average molecular weight is 523 g/mol. The van der Waals surface area contributed by atoms with Gasteiger partial charge in [-0.1, -0.05) is 19.9 Å². The van der Waals surface area contributed by atoms with Crippen LogP contribution in [0.1, 0.15) is 76.3 Å². The summed E-state index contributed by atoms with van der Waals surface area (Å²) in [6.45, 7) is 13.9. The van der Waals surface area contributed by atoms with Crippen molar-refractivity contribution in [1.29, 1.82) is 0 Å². The zero-order chi connectivity index (χ0) is 26.9. The second-order valence-electron chi connectivity index (χ2n) is 10.3. The van der Waals surface area contributed by atoms with E-state index < -0.39 is 11.5 Å². The smallest absolute Gasteiger partial charge is 0.337 e. The van der Waals surface area contributed by atoms with Crippen molar-refractivity contribution < 1.29 is 14.7 Å². The van der Waals surface area contributed by atoms with Gasteiger partial charge in [0, 0.05) is 24.5 Å². The van der Waals surface area contributed by atoms with E-state index >= 15 is 0 Å². The minimum Gasteiger partial charge on any atom is -0.478 e. The Balaban J connectivity index is 1.52. The van der Waals surface area contributed by atoms with E-state index in [0.29, 0.717) is 48.9 Å². The fourth-order valence-electron chi connectivity index (χ4n) is 4.79. The molecule has 9 nitrogen and oxygen atoms in total. The van der Waals surface area contributed by atoms with Gasteiger partial charge in [0.2, 0.25) is 0 Å². The van der Waals surface area contributed by atoms with Gasteiger partial charge in [0.15, 0.2) is 0 Å². The lowest BCUT2D eigenvalue weighted by molar-refractivity contribution is 0.0506. The van der Waals surface area contributed by atoms with E-state index in [0.717, 1.165) is 11.5 Å². The number of nitrogens with zero attached hydrogens (tertiary/aromatic N) is 5. The lowest BCUT2D eigenvalue weighted by Crippen LogP contribution is -2.61. The Kier molecular flexibility index (Phi) is 7.49. The number of rotatable bonds is 7. The standard InChI is InChI=1S/C27H34N6O3S/c1-16(2)23-24(28-13-19-8-7-11-37-19)29-14-20(31-23)25(34)33-10-9-32(15-27(33,5)6)21-12-17(3)22(26(35)36)18(4)30-21/h7-8,11-12,14,16H,9-10,13,15H2,1-6H3,(H,28,29)(H,35,36). The second kappa shape index (κ2) is 10.5. The number of pyridine rings is 1. The van der Waals surface area contributed by atoms with Crippen molar-refractivity contribution in [3.05, 3.63) is 62.9 Å². The van der Waals surface area contributed by atoms with Crippen LogP contribution in [0, 0.1) is 13.8 Å². The molecule has 0 unspecified atom stereocenters. The van der Waals surface area contributed by atoms with E-state index in [1.165, 1.54) is 4.88 Å². The molecular formula is C27H34N6O3S. The summed E-state index contributed by atoms with van der Waals surface area (Å²) < 4.78 is 0. The van der Waals surface area contributed by atoms with Crippen LogP contribution < -0.4 is 10.2 Å². The Morgan fingerprint density at radius 2 is 1.97 bits per heavy atom. The van der Waals surface area contributed by atoms with Crippen LogP contribution in [-0.2, 0) is 6.54 Å². The molecule has 0 saturated carbocycles. The molecule has 196 valence electrons. The maximum Gasteiger partial charge on any atom is 0.337 e. The molecule has 1 fully saturated rings. The molecule has 0 radical (unpaired) electrons. The van der Waals surface area contributed by atoms with Crippen molar-refractivity contribution in [2.45, 2.75) is 59.5 Å². The van der Waals surface area contributed by atoms with Gasteiger partial charge in [-0.25, -0.2) is 19.7 Å². The highest BCUT2D eigenvalue weighted by molar-refractivity contribution is 7.09. The third kappa shape index (κ3) is 5.58. The van der Waals surface area contributed by atoms with Crippen LogP contribution in [0.4, 0.5) is 11.6 Å².